The molecule has 0 rings (SSSR count). The molecule has 0 heterocycles. The molecule has 0 aromatic carbocycles. The highest BCUT2D eigenvalue weighted by atomic mass is 32.1. The van der Waals surface area contributed by atoms with Crippen molar-refractivity contribution < 1.29 is 4.79 Å². The largest absolute Gasteiger partial charge is 0.295 e. The first-order valence-electron chi connectivity index (χ1n) is 3.42. The van der Waals surface area contributed by atoms with Crippen LogP contribution in [0.2, 0.25) is 0 Å². The lowest BCUT2D eigenvalue weighted by atomic mass is 10.00. The van der Waals surface area contributed by atoms with Gasteiger partial charge in [0.25, 0.3) is 0 Å². The van der Waals surface area contributed by atoms with Gasteiger partial charge in [-0.2, -0.15) is 12.6 Å². The van der Waals surface area contributed by atoms with Crippen molar-refractivity contribution in [3.63, 3.8) is 0 Å². The first-order valence-corrected chi connectivity index (χ1v) is 4.05. The highest BCUT2D eigenvalue weighted by molar-refractivity contribution is 7.80. The van der Waals surface area contributed by atoms with E-state index in [-0.39, 0.29) is 11.7 Å². The summed E-state index contributed by atoms with van der Waals surface area (Å²) in [7, 11) is 0. The number of thiol groups is 1. The van der Waals surface area contributed by atoms with Crippen molar-refractivity contribution in [1.29, 1.82) is 0 Å². The van der Waals surface area contributed by atoms with Gasteiger partial charge in [-0.25, -0.2) is 0 Å². The summed E-state index contributed by atoms with van der Waals surface area (Å²) < 4.78 is 0. The van der Waals surface area contributed by atoms with Crippen LogP contribution in [0.25, 0.3) is 0 Å². The number of carbonyl (C=O) groups is 1. The van der Waals surface area contributed by atoms with E-state index in [1.54, 1.807) is 0 Å². The van der Waals surface area contributed by atoms with Crippen LogP contribution in [0.1, 0.15) is 20.3 Å². The summed E-state index contributed by atoms with van der Waals surface area (Å²) in [4.78, 5) is 11.0. The molecule has 0 atom stereocenters. The van der Waals surface area contributed by atoms with Gasteiger partial charge in [-0.05, 0) is 17.2 Å². The quantitative estimate of drug-likeness (QED) is 0.489. The van der Waals surface area contributed by atoms with Crippen molar-refractivity contribution >= 4 is 18.4 Å². The average Bonchev–Trinajstić information content (AvgIpc) is 1.87. The molecule has 0 fully saturated rings. The zero-order valence-electron chi connectivity index (χ0n) is 6.55. The Labute approximate surface area is 67.9 Å². The minimum absolute atomic E-state index is 0.144. The van der Waals surface area contributed by atoms with Gasteiger partial charge in [0.1, 0.15) is 0 Å². The van der Waals surface area contributed by atoms with Crippen molar-refractivity contribution in [2.24, 2.45) is 5.92 Å². The summed E-state index contributed by atoms with van der Waals surface area (Å²) in [6.45, 7) is 7.63. The Bertz CT molecular complexity index is 138. The fourth-order valence-electron chi connectivity index (χ4n) is 0.584. The lowest BCUT2D eigenvalue weighted by Gasteiger charge is -2.05. The van der Waals surface area contributed by atoms with Gasteiger partial charge in [-0.1, -0.05) is 20.4 Å². The van der Waals surface area contributed by atoms with E-state index < -0.39 is 0 Å². The lowest BCUT2D eigenvalue weighted by Crippen LogP contribution is -2.07. The smallest absolute Gasteiger partial charge is 0.159 e. The SMILES string of the molecule is C=C(C(=O)CCS)C(C)C. The van der Waals surface area contributed by atoms with E-state index in [0.717, 1.165) is 0 Å². The van der Waals surface area contributed by atoms with Crippen LogP contribution in [0.5, 0.6) is 0 Å². The molecule has 0 aromatic heterocycles. The van der Waals surface area contributed by atoms with Crippen LogP contribution in [-0.4, -0.2) is 11.5 Å². The summed E-state index contributed by atoms with van der Waals surface area (Å²) in [5.74, 6) is 1.03. The number of ketones is 1. The van der Waals surface area contributed by atoms with Gasteiger partial charge in [0, 0.05) is 6.42 Å². The first kappa shape index (κ1) is 9.76. The van der Waals surface area contributed by atoms with Crippen molar-refractivity contribution in [2.75, 3.05) is 5.75 Å². The van der Waals surface area contributed by atoms with Crippen LogP contribution in [0.15, 0.2) is 12.2 Å². The molecular weight excluding hydrogens is 144 g/mol. The molecule has 0 bridgehead atoms. The minimum Gasteiger partial charge on any atom is -0.295 e. The number of carbonyl (C=O) groups excluding carboxylic acids is 1. The maximum Gasteiger partial charge on any atom is 0.159 e. The highest BCUT2D eigenvalue weighted by Crippen LogP contribution is 2.09. The number of allylic oxidation sites excluding steroid dienone is 1. The number of hydrogen-bond donors (Lipinski definition) is 1. The maximum atomic E-state index is 11.0. The van der Waals surface area contributed by atoms with Crippen molar-refractivity contribution in [3.8, 4) is 0 Å². The normalized spacial score (nSPS) is 10.0. The second kappa shape index (κ2) is 4.56. The summed E-state index contributed by atoms with van der Waals surface area (Å²) in [5.41, 5.74) is 0.717. The minimum atomic E-state index is 0.144. The second-order valence-corrected chi connectivity index (χ2v) is 3.02. The molecule has 0 aliphatic rings. The van der Waals surface area contributed by atoms with Gasteiger partial charge in [0.2, 0.25) is 0 Å². The molecule has 0 unspecified atom stereocenters. The number of rotatable bonds is 4. The summed E-state index contributed by atoms with van der Waals surface area (Å²) in [6.07, 6.45) is 0.514. The Kier molecular flexibility index (Phi) is 4.45. The molecule has 0 aliphatic carbocycles. The third-order valence-corrected chi connectivity index (χ3v) is 1.62. The van der Waals surface area contributed by atoms with Gasteiger partial charge < -0.3 is 0 Å². The van der Waals surface area contributed by atoms with Crippen LogP contribution < -0.4 is 0 Å². The molecule has 0 aromatic rings. The number of Topliss-reactive ketones (excluding diaryl/α,β-unsaturated/α-hetero) is 1. The number of hydrogen-bond acceptors (Lipinski definition) is 2. The summed E-state index contributed by atoms with van der Waals surface area (Å²) >= 11 is 3.96. The van der Waals surface area contributed by atoms with Gasteiger partial charge in [0.05, 0.1) is 0 Å². The topological polar surface area (TPSA) is 17.1 Å². The Morgan fingerprint density at radius 3 is 2.40 bits per heavy atom. The Hall–Kier alpha value is -0.240. The first-order chi connectivity index (χ1) is 4.59. The fourth-order valence-corrected chi connectivity index (χ4v) is 0.787. The molecule has 0 aliphatic heterocycles. The standard InChI is InChI=1S/C8H14OS/c1-6(2)7(3)8(9)4-5-10/h6,10H,3-5H2,1-2H3. The molecule has 0 radical (unpaired) electrons. The molecular formula is C8H14OS. The van der Waals surface area contributed by atoms with Crippen LogP contribution in [0.4, 0.5) is 0 Å². The monoisotopic (exact) mass is 158 g/mol. The molecule has 0 amide bonds. The van der Waals surface area contributed by atoms with E-state index in [4.69, 9.17) is 0 Å². The van der Waals surface area contributed by atoms with E-state index in [0.29, 0.717) is 17.7 Å². The van der Waals surface area contributed by atoms with Crippen molar-refractivity contribution in [3.05, 3.63) is 12.2 Å². The molecule has 1 nitrogen and oxygen atoms in total. The molecule has 2 heteroatoms. The Morgan fingerprint density at radius 1 is 1.60 bits per heavy atom. The Balaban J connectivity index is 3.83. The van der Waals surface area contributed by atoms with Crippen molar-refractivity contribution in [1.82, 2.24) is 0 Å². The molecule has 0 spiro atoms. The third kappa shape index (κ3) is 3.06. The molecule has 0 N–H and O–H groups in total. The predicted octanol–water partition coefficient (Wildman–Crippen LogP) is 2.09. The second-order valence-electron chi connectivity index (χ2n) is 2.58. The van der Waals surface area contributed by atoms with E-state index in [1.165, 1.54) is 0 Å². The van der Waals surface area contributed by atoms with E-state index in [1.807, 2.05) is 13.8 Å². The van der Waals surface area contributed by atoms with Gasteiger partial charge in [-0.15, -0.1) is 0 Å². The average molecular weight is 158 g/mol. The zero-order chi connectivity index (χ0) is 8.15. The van der Waals surface area contributed by atoms with Crippen LogP contribution in [-0.2, 0) is 4.79 Å². The van der Waals surface area contributed by atoms with Gasteiger partial charge >= 0.3 is 0 Å². The van der Waals surface area contributed by atoms with E-state index in [2.05, 4.69) is 19.2 Å². The maximum absolute atomic E-state index is 11.0. The van der Waals surface area contributed by atoms with Gasteiger partial charge in [-0.3, -0.25) is 4.79 Å². The molecule has 0 saturated heterocycles. The zero-order valence-corrected chi connectivity index (χ0v) is 7.45. The van der Waals surface area contributed by atoms with Crippen molar-refractivity contribution in [2.45, 2.75) is 20.3 Å². The van der Waals surface area contributed by atoms with Gasteiger partial charge in [0.15, 0.2) is 5.78 Å². The van der Waals surface area contributed by atoms with Crippen LogP contribution in [0.3, 0.4) is 0 Å². The van der Waals surface area contributed by atoms with E-state index in [9.17, 15) is 4.79 Å². The van der Waals surface area contributed by atoms with E-state index >= 15 is 0 Å². The lowest BCUT2D eigenvalue weighted by molar-refractivity contribution is -0.115. The third-order valence-electron chi connectivity index (χ3n) is 1.39. The predicted molar refractivity (Wildman–Crippen MR) is 47.5 cm³/mol. The molecule has 58 valence electrons. The fraction of sp³-hybridized carbons (Fsp3) is 0.625. The molecule has 10 heavy (non-hydrogen) atoms. The molecule has 0 saturated carbocycles. The van der Waals surface area contributed by atoms with Crippen LogP contribution in [0, 0.1) is 5.92 Å². The summed E-state index contributed by atoms with van der Waals surface area (Å²) in [5, 5.41) is 0. The van der Waals surface area contributed by atoms with Crippen LogP contribution >= 0.6 is 12.6 Å². The highest BCUT2D eigenvalue weighted by Gasteiger charge is 2.08. The Morgan fingerprint density at radius 2 is 2.10 bits per heavy atom. The summed E-state index contributed by atoms with van der Waals surface area (Å²) in [6, 6.07) is 0.